The monoisotopic (exact) mass is 210 g/mol. The van der Waals surface area contributed by atoms with E-state index in [1.807, 2.05) is 0 Å². The van der Waals surface area contributed by atoms with Crippen molar-refractivity contribution >= 4 is 18.8 Å². The van der Waals surface area contributed by atoms with Gasteiger partial charge in [-0.3, -0.25) is 0 Å². The van der Waals surface area contributed by atoms with Crippen LogP contribution >= 0.6 is 7.82 Å². The van der Waals surface area contributed by atoms with Crippen molar-refractivity contribution in [1.82, 2.24) is 0 Å². The number of hydrogen-bond donors (Lipinski definition) is 3. The topological polar surface area (TPSA) is 77.8 Å². The van der Waals surface area contributed by atoms with Crippen LogP contribution in [0.25, 0.3) is 0 Å². The molecule has 0 aromatic carbocycles. The fraction of sp³-hybridized carbons (Fsp3) is 1.00. The summed E-state index contributed by atoms with van der Waals surface area (Å²) in [5.74, 6) is 0. The van der Waals surface area contributed by atoms with Crippen LogP contribution in [0, 0.1) is 0 Å². The molecular formula is CH12FeLiO4PSi. The molecule has 0 saturated heterocycles. The summed E-state index contributed by atoms with van der Waals surface area (Å²) in [4.78, 5) is 21.6. The van der Waals surface area contributed by atoms with Gasteiger partial charge in [0.15, 0.2) is 0 Å². The van der Waals surface area contributed by atoms with Gasteiger partial charge in [0.2, 0.25) is 0 Å². The molecule has 8 heteroatoms. The van der Waals surface area contributed by atoms with Crippen LogP contribution in [0.5, 0.6) is 0 Å². The Hall–Kier alpha value is 1.44. The van der Waals surface area contributed by atoms with Gasteiger partial charge in [-0.05, 0) is 11.0 Å². The summed E-state index contributed by atoms with van der Waals surface area (Å²) in [7, 11) is -4.64. The van der Waals surface area contributed by atoms with Gasteiger partial charge in [0.1, 0.15) is 0 Å². The summed E-state index contributed by atoms with van der Waals surface area (Å²) >= 11 is 0. The maximum absolute atomic E-state index is 8.88. The number of rotatable bonds is 0. The van der Waals surface area contributed by atoms with Crippen LogP contribution in [0.1, 0.15) is 8.85 Å². The minimum Gasteiger partial charge on any atom is -1.00 e. The van der Waals surface area contributed by atoms with E-state index in [1.54, 1.807) is 0 Å². The summed E-state index contributed by atoms with van der Waals surface area (Å²) in [5.41, 5.74) is 0. The third kappa shape index (κ3) is 251. The van der Waals surface area contributed by atoms with Crippen molar-refractivity contribution in [3.8, 4) is 0 Å². The van der Waals surface area contributed by atoms with Crippen molar-refractivity contribution in [3.05, 3.63) is 0 Å². The molecule has 0 aliphatic rings. The summed E-state index contributed by atoms with van der Waals surface area (Å²) in [6.07, 6.45) is 0. The molecule has 3 N–H and O–H groups in total. The summed E-state index contributed by atoms with van der Waals surface area (Å²) in [5, 5.41) is 0. The molecule has 0 saturated carbocycles. The normalized spacial score (nSPS) is 6.56. The van der Waals surface area contributed by atoms with Crippen molar-refractivity contribution in [2.45, 2.75) is 7.43 Å². The van der Waals surface area contributed by atoms with E-state index in [0.29, 0.717) is 0 Å². The van der Waals surface area contributed by atoms with Crippen LogP contribution in [0.3, 0.4) is 0 Å². The summed E-state index contributed by atoms with van der Waals surface area (Å²) in [6, 6.07) is 0. The Kier molecular flexibility index (Phi) is 42.4. The zero-order valence-corrected chi connectivity index (χ0v) is 5.55. The van der Waals surface area contributed by atoms with Crippen molar-refractivity contribution < 1.29 is 56.6 Å². The Morgan fingerprint density at radius 3 is 1.22 bits per heavy atom. The van der Waals surface area contributed by atoms with Crippen molar-refractivity contribution in [3.63, 3.8) is 0 Å². The van der Waals surface area contributed by atoms with Gasteiger partial charge in [-0.15, -0.1) is 0 Å². The van der Waals surface area contributed by atoms with Gasteiger partial charge in [0.05, 0.1) is 0 Å². The molecule has 0 radical (unpaired) electrons. The first-order valence-corrected chi connectivity index (χ1v) is 2.35. The number of phosphoric acid groups is 1. The van der Waals surface area contributed by atoms with E-state index in [9.17, 15) is 0 Å². The molecule has 0 aromatic rings. The maximum Gasteiger partial charge on any atom is 1.00 e. The van der Waals surface area contributed by atoms with Crippen LogP contribution in [0.4, 0.5) is 0 Å². The van der Waals surface area contributed by atoms with Gasteiger partial charge >= 0.3 is 26.7 Å². The fourth-order valence-electron chi connectivity index (χ4n) is 0. The standard InChI is InChI=1S/CH4.Fe.Li.H3O4P.H4Si.H/c;;;1-5(2,3)4;;/h1H4;;;(H3,1,2,3,4);1H4;/q;;+1;;;-1. The molecule has 0 amide bonds. The van der Waals surface area contributed by atoms with E-state index < -0.39 is 7.82 Å². The van der Waals surface area contributed by atoms with E-state index in [4.69, 9.17) is 19.2 Å². The molecule has 0 aliphatic heterocycles. The van der Waals surface area contributed by atoms with Crippen LogP contribution in [0.2, 0.25) is 0 Å². The SMILES string of the molecule is C.O=P(O)(O)O.[Fe].[H-].[Li+].[SiH4]. The molecule has 0 aromatic heterocycles. The van der Waals surface area contributed by atoms with Crippen molar-refractivity contribution in [1.29, 1.82) is 0 Å². The Bertz CT molecular complexity index is 71.4. The molecule has 0 fully saturated rings. The maximum atomic E-state index is 8.88. The quantitative estimate of drug-likeness (QED) is 0.277. The molecule has 0 aliphatic carbocycles. The molecule has 9 heavy (non-hydrogen) atoms. The van der Waals surface area contributed by atoms with E-state index in [-0.39, 0.29) is 55.7 Å². The Morgan fingerprint density at radius 1 is 1.22 bits per heavy atom. The third-order valence-corrected chi connectivity index (χ3v) is 0. The molecule has 0 bridgehead atoms. The molecule has 0 rings (SSSR count). The van der Waals surface area contributed by atoms with Crippen LogP contribution < -0.4 is 18.9 Å². The van der Waals surface area contributed by atoms with Gasteiger partial charge in [-0.25, -0.2) is 4.57 Å². The average molecular weight is 210 g/mol. The molecule has 0 atom stereocenters. The average Bonchev–Trinajstić information content (AvgIpc) is 0.722. The Balaban J connectivity index is -0.00000000800. The molecule has 0 heterocycles. The van der Waals surface area contributed by atoms with E-state index >= 15 is 0 Å². The van der Waals surface area contributed by atoms with E-state index in [2.05, 4.69) is 0 Å². The second kappa shape index (κ2) is 12.2. The molecule has 0 unspecified atom stereocenters. The molecule has 0 spiro atoms. The van der Waals surface area contributed by atoms with Crippen molar-refractivity contribution in [2.24, 2.45) is 0 Å². The Morgan fingerprint density at radius 2 is 1.22 bits per heavy atom. The van der Waals surface area contributed by atoms with Crippen molar-refractivity contribution in [2.75, 3.05) is 0 Å². The fourth-order valence-corrected chi connectivity index (χ4v) is 0. The van der Waals surface area contributed by atoms with E-state index in [1.165, 1.54) is 0 Å². The van der Waals surface area contributed by atoms with Gasteiger partial charge in [-0.1, -0.05) is 7.43 Å². The second-order valence-electron chi connectivity index (χ2n) is 0.513. The molecule has 58 valence electrons. The van der Waals surface area contributed by atoms with Gasteiger partial charge in [0.25, 0.3) is 0 Å². The number of hydrogen-bond acceptors (Lipinski definition) is 1. The predicted octanol–water partition coefficient (Wildman–Crippen LogP) is -4.63. The zero-order valence-electron chi connectivity index (χ0n) is 4.55. The molecule has 4 nitrogen and oxygen atoms in total. The Labute approximate surface area is 82.8 Å². The second-order valence-corrected chi connectivity index (χ2v) is 1.54. The minimum absolute atomic E-state index is 0. The summed E-state index contributed by atoms with van der Waals surface area (Å²) in [6.45, 7) is 0. The van der Waals surface area contributed by atoms with Crippen LogP contribution in [-0.2, 0) is 21.6 Å². The third-order valence-electron chi connectivity index (χ3n) is 0. The summed E-state index contributed by atoms with van der Waals surface area (Å²) < 4.78 is 8.88. The van der Waals surface area contributed by atoms with Crippen LogP contribution in [-0.4, -0.2) is 25.6 Å². The first-order valence-electron chi connectivity index (χ1n) is 0.783. The zero-order chi connectivity index (χ0) is 4.50. The smallest absolute Gasteiger partial charge is 1.00 e. The largest absolute Gasteiger partial charge is 1.00 e. The first-order chi connectivity index (χ1) is 2.00. The van der Waals surface area contributed by atoms with Gasteiger partial charge < -0.3 is 16.1 Å². The van der Waals surface area contributed by atoms with Crippen LogP contribution in [0.15, 0.2) is 0 Å². The van der Waals surface area contributed by atoms with E-state index in [0.717, 1.165) is 0 Å². The van der Waals surface area contributed by atoms with Gasteiger partial charge in [-0.2, -0.15) is 0 Å². The predicted molar refractivity (Wildman–Crippen MR) is 33.4 cm³/mol. The minimum atomic E-state index is -4.64. The first kappa shape index (κ1) is 31.4. The van der Waals surface area contributed by atoms with Gasteiger partial charge in [0, 0.05) is 17.1 Å². The molecular weight excluding hydrogens is 198 g/mol.